The lowest BCUT2D eigenvalue weighted by Crippen LogP contribution is -2.44. The normalized spacial score (nSPS) is 22.9. The van der Waals surface area contributed by atoms with E-state index in [0.717, 1.165) is 44.7 Å². The molecule has 122 valence electrons. The van der Waals surface area contributed by atoms with E-state index in [1.165, 1.54) is 19.3 Å². The van der Waals surface area contributed by atoms with Crippen LogP contribution in [0.2, 0.25) is 0 Å². The zero-order valence-corrected chi connectivity index (χ0v) is 13.8. The van der Waals surface area contributed by atoms with Crippen molar-refractivity contribution in [3.8, 4) is 0 Å². The van der Waals surface area contributed by atoms with Crippen LogP contribution in [0.25, 0.3) is 0 Å². The Bertz CT molecular complexity index is 494. The summed E-state index contributed by atoms with van der Waals surface area (Å²) in [7, 11) is 1.89. The lowest BCUT2D eigenvalue weighted by Gasteiger charge is -2.35. The van der Waals surface area contributed by atoms with Crippen molar-refractivity contribution < 1.29 is 9.53 Å². The average molecular weight is 305 g/mol. The van der Waals surface area contributed by atoms with Crippen LogP contribution in [0.3, 0.4) is 0 Å². The second kappa shape index (κ2) is 6.82. The minimum absolute atomic E-state index is 0.0995. The Kier molecular flexibility index (Phi) is 4.81. The summed E-state index contributed by atoms with van der Waals surface area (Å²) in [6, 6.07) is 2.28. The molecule has 2 aliphatic rings. The highest BCUT2D eigenvalue weighted by Gasteiger charge is 2.31. The van der Waals surface area contributed by atoms with Crippen molar-refractivity contribution in [3.63, 3.8) is 0 Å². The number of carbonyl (C=O) groups is 1. The standard InChI is InChI=1S/C17H27N3O2/c1-13-10-16(18-19(13)2)17(21)20(11-14-8-9-22-12-14)15-6-4-3-5-7-15/h10,14-15H,3-9,11-12H2,1-2H3/t14-/m1/s1. The Morgan fingerprint density at radius 2 is 2.14 bits per heavy atom. The van der Waals surface area contributed by atoms with Gasteiger partial charge < -0.3 is 9.64 Å². The quantitative estimate of drug-likeness (QED) is 0.859. The molecule has 0 bridgehead atoms. The molecule has 22 heavy (non-hydrogen) atoms. The van der Waals surface area contributed by atoms with Crippen molar-refractivity contribution in [3.05, 3.63) is 17.5 Å². The fraction of sp³-hybridized carbons (Fsp3) is 0.765. The van der Waals surface area contributed by atoms with Crippen molar-refractivity contribution in [2.24, 2.45) is 13.0 Å². The Balaban J connectivity index is 1.77. The van der Waals surface area contributed by atoms with E-state index in [2.05, 4.69) is 10.00 Å². The van der Waals surface area contributed by atoms with Crippen molar-refractivity contribution in [1.82, 2.24) is 14.7 Å². The molecule has 1 saturated heterocycles. The van der Waals surface area contributed by atoms with E-state index in [9.17, 15) is 4.79 Å². The van der Waals surface area contributed by atoms with Crippen molar-refractivity contribution >= 4 is 5.91 Å². The summed E-state index contributed by atoms with van der Waals surface area (Å²) in [6.07, 6.45) is 7.09. The molecular weight excluding hydrogens is 278 g/mol. The molecule has 1 aliphatic heterocycles. The fourth-order valence-corrected chi connectivity index (χ4v) is 3.61. The number of hydrogen-bond acceptors (Lipinski definition) is 3. The molecule has 0 N–H and O–H groups in total. The van der Waals surface area contributed by atoms with Gasteiger partial charge >= 0.3 is 0 Å². The van der Waals surface area contributed by atoms with Crippen LogP contribution in [0.5, 0.6) is 0 Å². The number of carbonyl (C=O) groups excluding carboxylic acids is 1. The fourth-order valence-electron chi connectivity index (χ4n) is 3.61. The van der Waals surface area contributed by atoms with Crippen LogP contribution in [0.15, 0.2) is 6.07 Å². The molecule has 1 aromatic heterocycles. The Morgan fingerprint density at radius 1 is 1.36 bits per heavy atom. The average Bonchev–Trinajstić information content (AvgIpc) is 3.16. The van der Waals surface area contributed by atoms with E-state index in [1.54, 1.807) is 4.68 Å². The third kappa shape index (κ3) is 3.35. The highest BCUT2D eigenvalue weighted by atomic mass is 16.5. The molecule has 1 aliphatic carbocycles. The van der Waals surface area contributed by atoms with Gasteiger partial charge in [0.05, 0.1) is 6.61 Å². The van der Waals surface area contributed by atoms with Gasteiger partial charge in [-0.2, -0.15) is 5.10 Å². The van der Waals surface area contributed by atoms with E-state index in [-0.39, 0.29) is 5.91 Å². The molecule has 0 aromatic carbocycles. The number of aromatic nitrogens is 2. The Hall–Kier alpha value is -1.36. The van der Waals surface area contributed by atoms with Crippen LogP contribution in [0.4, 0.5) is 0 Å². The largest absolute Gasteiger partial charge is 0.381 e. The lowest BCUT2D eigenvalue weighted by atomic mass is 9.93. The molecule has 0 spiro atoms. The van der Waals surface area contributed by atoms with Gasteiger partial charge in [0.15, 0.2) is 5.69 Å². The van der Waals surface area contributed by atoms with Gasteiger partial charge in [-0.05, 0) is 32.3 Å². The number of ether oxygens (including phenoxy) is 1. The first kappa shape index (κ1) is 15.5. The van der Waals surface area contributed by atoms with Crippen LogP contribution >= 0.6 is 0 Å². The lowest BCUT2D eigenvalue weighted by molar-refractivity contribution is 0.0576. The Morgan fingerprint density at radius 3 is 2.73 bits per heavy atom. The van der Waals surface area contributed by atoms with Crippen LogP contribution in [-0.4, -0.2) is 46.4 Å². The topological polar surface area (TPSA) is 47.4 Å². The minimum Gasteiger partial charge on any atom is -0.381 e. The molecule has 1 aromatic rings. The van der Waals surface area contributed by atoms with Gasteiger partial charge in [-0.25, -0.2) is 0 Å². The molecule has 1 saturated carbocycles. The summed E-state index contributed by atoms with van der Waals surface area (Å²) in [6.45, 7) is 4.43. The van der Waals surface area contributed by atoms with Gasteiger partial charge in [-0.1, -0.05) is 19.3 Å². The van der Waals surface area contributed by atoms with Crippen LogP contribution in [0.1, 0.15) is 54.7 Å². The first-order valence-electron chi connectivity index (χ1n) is 8.54. The van der Waals surface area contributed by atoms with Crippen LogP contribution in [0, 0.1) is 12.8 Å². The first-order valence-corrected chi connectivity index (χ1v) is 8.54. The van der Waals surface area contributed by atoms with E-state index in [0.29, 0.717) is 17.7 Å². The maximum absolute atomic E-state index is 13.0. The van der Waals surface area contributed by atoms with E-state index in [4.69, 9.17) is 4.74 Å². The molecular formula is C17H27N3O2. The molecule has 3 rings (SSSR count). The summed E-state index contributed by atoms with van der Waals surface area (Å²) in [5.74, 6) is 0.582. The van der Waals surface area contributed by atoms with Gasteiger partial charge in [-0.3, -0.25) is 9.48 Å². The summed E-state index contributed by atoms with van der Waals surface area (Å²) < 4.78 is 7.28. The van der Waals surface area contributed by atoms with Crippen LogP contribution in [-0.2, 0) is 11.8 Å². The second-order valence-electron chi connectivity index (χ2n) is 6.77. The monoisotopic (exact) mass is 305 g/mol. The smallest absolute Gasteiger partial charge is 0.274 e. The minimum atomic E-state index is 0.0995. The number of aryl methyl sites for hydroxylation is 2. The van der Waals surface area contributed by atoms with E-state index in [1.807, 2.05) is 20.0 Å². The summed E-state index contributed by atoms with van der Waals surface area (Å²) in [5, 5.41) is 4.39. The van der Waals surface area contributed by atoms with Crippen molar-refractivity contribution in [1.29, 1.82) is 0 Å². The van der Waals surface area contributed by atoms with Gasteiger partial charge in [0, 0.05) is 37.9 Å². The predicted octanol–water partition coefficient (Wildman–Crippen LogP) is 2.54. The molecule has 0 unspecified atom stereocenters. The van der Waals surface area contributed by atoms with Crippen molar-refractivity contribution in [2.75, 3.05) is 19.8 Å². The molecule has 5 heteroatoms. The summed E-state index contributed by atoms with van der Waals surface area (Å²) >= 11 is 0. The predicted molar refractivity (Wildman–Crippen MR) is 84.8 cm³/mol. The highest BCUT2D eigenvalue weighted by Crippen LogP contribution is 2.26. The van der Waals surface area contributed by atoms with E-state index < -0.39 is 0 Å². The van der Waals surface area contributed by atoms with Gasteiger partial charge in [-0.15, -0.1) is 0 Å². The summed E-state index contributed by atoms with van der Waals surface area (Å²) in [5.41, 5.74) is 1.61. The van der Waals surface area contributed by atoms with E-state index >= 15 is 0 Å². The number of hydrogen-bond donors (Lipinski definition) is 0. The molecule has 2 fully saturated rings. The third-order valence-electron chi connectivity index (χ3n) is 5.09. The summed E-state index contributed by atoms with van der Waals surface area (Å²) in [4.78, 5) is 15.1. The molecule has 0 radical (unpaired) electrons. The molecule has 5 nitrogen and oxygen atoms in total. The number of amides is 1. The number of nitrogens with zero attached hydrogens (tertiary/aromatic N) is 3. The first-order chi connectivity index (χ1) is 10.6. The zero-order chi connectivity index (χ0) is 15.5. The molecule has 1 amide bonds. The maximum atomic E-state index is 13.0. The zero-order valence-electron chi connectivity index (χ0n) is 13.8. The highest BCUT2D eigenvalue weighted by molar-refractivity contribution is 5.92. The second-order valence-corrected chi connectivity index (χ2v) is 6.77. The van der Waals surface area contributed by atoms with Gasteiger partial charge in [0.1, 0.15) is 0 Å². The Labute approximate surface area is 132 Å². The SMILES string of the molecule is Cc1cc(C(=O)N(C[C@H]2CCOC2)C2CCCCC2)nn1C. The van der Waals surface area contributed by atoms with Crippen molar-refractivity contribution in [2.45, 2.75) is 51.5 Å². The van der Waals surface area contributed by atoms with Gasteiger partial charge in [0.2, 0.25) is 0 Å². The van der Waals surface area contributed by atoms with Gasteiger partial charge in [0.25, 0.3) is 5.91 Å². The third-order valence-corrected chi connectivity index (χ3v) is 5.09. The molecule has 2 heterocycles. The number of rotatable bonds is 4. The maximum Gasteiger partial charge on any atom is 0.274 e. The molecule has 1 atom stereocenters. The van der Waals surface area contributed by atoms with Crippen LogP contribution < -0.4 is 0 Å².